The Morgan fingerprint density at radius 2 is 2.04 bits per heavy atom. The number of aromatic nitrogens is 2. The number of halogens is 2. The number of benzene rings is 1. The number of amides is 1. The second-order valence-electron chi connectivity index (χ2n) is 6.53. The monoisotopic (exact) mass is 349 g/mol. The molecule has 6 heteroatoms. The first-order valence-corrected chi connectivity index (χ1v) is 8.61. The third-order valence-electron chi connectivity index (χ3n) is 4.96. The van der Waals surface area contributed by atoms with E-state index < -0.39 is 6.04 Å². The first-order chi connectivity index (χ1) is 11.5. The highest BCUT2D eigenvalue weighted by molar-refractivity contribution is 6.30. The lowest BCUT2D eigenvalue weighted by atomic mass is 9.78. The van der Waals surface area contributed by atoms with Crippen LogP contribution in [0.15, 0.2) is 36.7 Å². The fourth-order valence-electron chi connectivity index (χ4n) is 3.47. The summed E-state index contributed by atoms with van der Waals surface area (Å²) in [5.41, 5.74) is 0.988. The van der Waals surface area contributed by atoms with E-state index in [2.05, 4.69) is 10.4 Å². The summed E-state index contributed by atoms with van der Waals surface area (Å²) >= 11 is 5.86. The Morgan fingerprint density at radius 3 is 2.62 bits per heavy atom. The van der Waals surface area contributed by atoms with Crippen molar-refractivity contribution in [2.75, 3.05) is 6.54 Å². The lowest BCUT2D eigenvalue weighted by Gasteiger charge is -2.30. The van der Waals surface area contributed by atoms with Gasteiger partial charge in [-0.1, -0.05) is 36.6 Å². The molecule has 1 N–H and O–H groups in total. The maximum atomic E-state index is 13.2. The van der Waals surface area contributed by atoms with Crippen LogP contribution in [0, 0.1) is 5.82 Å². The van der Waals surface area contributed by atoms with E-state index in [0.717, 1.165) is 31.2 Å². The second-order valence-corrected chi connectivity index (χ2v) is 6.96. The SMILES string of the molecule is CC(C(=O)NCC1(c2ccc(F)cc2)CCCC1)n1cc(Cl)cn1. The summed E-state index contributed by atoms with van der Waals surface area (Å²) in [6, 6.07) is 6.23. The number of nitrogens with one attached hydrogen (secondary N) is 1. The molecular formula is C18H21ClFN3O. The van der Waals surface area contributed by atoms with Gasteiger partial charge in [0.25, 0.3) is 0 Å². The average molecular weight is 350 g/mol. The van der Waals surface area contributed by atoms with Crippen LogP contribution >= 0.6 is 11.6 Å². The van der Waals surface area contributed by atoms with Crippen molar-refractivity contribution in [3.8, 4) is 0 Å². The van der Waals surface area contributed by atoms with Crippen molar-refractivity contribution in [2.24, 2.45) is 0 Å². The third-order valence-corrected chi connectivity index (χ3v) is 5.16. The van der Waals surface area contributed by atoms with Crippen molar-refractivity contribution in [3.63, 3.8) is 0 Å². The van der Waals surface area contributed by atoms with E-state index in [-0.39, 0.29) is 17.1 Å². The Hall–Kier alpha value is -1.88. The Balaban J connectivity index is 1.70. The minimum absolute atomic E-state index is 0.0943. The van der Waals surface area contributed by atoms with E-state index in [4.69, 9.17) is 11.6 Å². The van der Waals surface area contributed by atoms with Crippen molar-refractivity contribution in [3.05, 3.63) is 53.1 Å². The molecule has 1 aromatic carbocycles. The van der Waals surface area contributed by atoms with Crippen LogP contribution in [0.2, 0.25) is 5.02 Å². The molecule has 1 heterocycles. The van der Waals surface area contributed by atoms with Crippen LogP contribution in [0.25, 0.3) is 0 Å². The van der Waals surface area contributed by atoms with Crippen molar-refractivity contribution < 1.29 is 9.18 Å². The average Bonchev–Trinajstić information content (AvgIpc) is 3.22. The Morgan fingerprint density at radius 1 is 1.38 bits per heavy atom. The van der Waals surface area contributed by atoms with Gasteiger partial charge in [0.05, 0.1) is 11.2 Å². The molecule has 1 aliphatic carbocycles. The topological polar surface area (TPSA) is 46.9 Å². The largest absolute Gasteiger partial charge is 0.353 e. The van der Waals surface area contributed by atoms with E-state index in [9.17, 15) is 9.18 Å². The minimum atomic E-state index is -0.427. The Bertz CT molecular complexity index is 707. The normalized spacial score (nSPS) is 17.6. The van der Waals surface area contributed by atoms with E-state index in [1.54, 1.807) is 17.8 Å². The number of rotatable bonds is 5. The van der Waals surface area contributed by atoms with E-state index in [1.165, 1.54) is 18.3 Å². The summed E-state index contributed by atoms with van der Waals surface area (Å²) < 4.78 is 14.8. The van der Waals surface area contributed by atoms with Crippen LogP contribution in [-0.4, -0.2) is 22.2 Å². The smallest absolute Gasteiger partial charge is 0.244 e. The van der Waals surface area contributed by atoms with Crippen molar-refractivity contribution >= 4 is 17.5 Å². The second kappa shape index (κ2) is 6.93. The highest BCUT2D eigenvalue weighted by Crippen LogP contribution is 2.40. The van der Waals surface area contributed by atoms with Gasteiger partial charge in [0.2, 0.25) is 5.91 Å². The van der Waals surface area contributed by atoms with Gasteiger partial charge >= 0.3 is 0 Å². The molecule has 3 rings (SSSR count). The molecule has 1 amide bonds. The van der Waals surface area contributed by atoms with Gasteiger partial charge in [0, 0.05) is 18.2 Å². The Kier molecular flexibility index (Phi) is 4.90. The quantitative estimate of drug-likeness (QED) is 0.890. The minimum Gasteiger partial charge on any atom is -0.353 e. The molecule has 1 saturated carbocycles. The van der Waals surface area contributed by atoms with Gasteiger partial charge in [-0.05, 0) is 37.5 Å². The molecule has 4 nitrogen and oxygen atoms in total. The zero-order valence-corrected chi connectivity index (χ0v) is 14.4. The molecule has 1 aliphatic rings. The predicted molar refractivity (Wildman–Crippen MR) is 91.5 cm³/mol. The highest BCUT2D eigenvalue weighted by atomic mass is 35.5. The zero-order valence-electron chi connectivity index (χ0n) is 13.6. The summed E-state index contributed by atoms with van der Waals surface area (Å²) in [5.74, 6) is -0.330. The van der Waals surface area contributed by atoms with E-state index in [0.29, 0.717) is 11.6 Å². The van der Waals surface area contributed by atoms with Crippen LogP contribution in [0.5, 0.6) is 0 Å². The number of nitrogens with zero attached hydrogens (tertiary/aromatic N) is 2. The van der Waals surface area contributed by atoms with Crippen molar-refractivity contribution in [1.82, 2.24) is 15.1 Å². The molecule has 0 spiro atoms. The summed E-state index contributed by atoms with van der Waals surface area (Å²) in [4.78, 5) is 12.5. The maximum Gasteiger partial charge on any atom is 0.244 e. The van der Waals surface area contributed by atoms with Gasteiger partial charge in [0.1, 0.15) is 11.9 Å². The highest BCUT2D eigenvalue weighted by Gasteiger charge is 2.36. The molecule has 1 unspecified atom stereocenters. The summed E-state index contributed by atoms with van der Waals surface area (Å²) in [6.07, 6.45) is 7.40. The number of hydrogen-bond acceptors (Lipinski definition) is 2. The molecule has 1 fully saturated rings. The first-order valence-electron chi connectivity index (χ1n) is 8.24. The predicted octanol–water partition coefficient (Wildman–Crippen LogP) is 3.86. The zero-order chi connectivity index (χ0) is 17.2. The molecular weight excluding hydrogens is 329 g/mol. The van der Waals surface area contributed by atoms with E-state index >= 15 is 0 Å². The number of hydrogen-bond donors (Lipinski definition) is 1. The summed E-state index contributed by atoms with van der Waals surface area (Å²) in [5, 5.41) is 7.64. The molecule has 24 heavy (non-hydrogen) atoms. The standard InChI is InChI=1S/C18H21ClFN3O/c1-13(23-11-15(19)10-22-23)17(24)21-12-18(8-2-3-9-18)14-4-6-16(20)7-5-14/h4-7,10-11,13H,2-3,8-9,12H2,1H3,(H,21,24). The third kappa shape index (κ3) is 3.46. The van der Waals surface area contributed by atoms with Gasteiger partial charge in [-0.15, -0.1) is 0 Å². The molecule has 2 aromatic rings. The first kappa shape index (κ1) is 17.0. The lowest BCUT2D eigenvalue weighted by molar-refractivity contribution is -0.124. The van der Waals surface area contributed by atoms with Crippen molar-refractivity contribution in [1.29, 1.82) is 0 Å². The van der Waals surface area contributed by atoms with Crippen LogP contribution in [0.1, 0.15) is 44.2 Å². The molecule has 0 saturated heterocycles. The van der Waals surface area contributed by atoms with Gasteiger partial charge in [-0.3, -0.25) is 9.48 Å². The van der Waals surface area contributed by atoms with Crippen molar-refractivity contribution in [2.45, 2.75) is 44.1 Å². The molecule has 128 valence electrons. The molecule has 1 atom stereocenters. The van der Waals surface area contributed by atoms with Crippen LogP contribution in [-0.2, 0) is 10.2 Å². The van der Waals surface area contributed by atoms with Crippen LogP contribution < -0.4 is 5.32 Å². The van der Waals surface area contributed by atoms with Gasteiger partial charge in [-0.2, -0.15) is 5.10 Å². The molecule has 1 aromatic heterocycles. The summed E-state index contributed by atoms with van der Waals surface area (Å²) in [6.45, 7) is 2.34. The maximum absolute atomic E-state index is 13.2. The molecule has 0 bridgehead atoms. The van der Waals surface area contributed by atoms with Gasteiger partial charge in [-0.25, -0.2) is 4.39 Å². The Labute approximate surface area is 146 Å². The fourth-order valence-corrected chi connectivity index (χ4v) is 3.62. The molecule has 0 radical (unpaired) electrons. The van der Waals surface area contributed by atoms with Gasteiger partial charge < -0.3 is 5.32 Å². The fraction of sp³-hybridized carbons (Fsp3) is 0.444. The van der Waals surface area contributed by atoms with Crippen LogP contribution in [0.4, 0.5) is 4.39 Å². The number of carbonyl (C=O) groups excluding carboxylic acids is 1. The van der Waals surface area contributed by atoms with Crippen LogP contribution in [0.3, 0.4) is 0 Å². The lowest BCUT2D eigenvalue weighted by Crippen LogP contribution is -2.41. The molecule has 0 aliphatic heterocycles. The van der Waals surface area contributed by atoms with Gasteiger partial charge in [0.15, 0.2) is 0 Å². The number of carbonyl (C=O) groups is 1. The summed E-state index contributed by atoms with van der Waals surface area (Å²) in [7, 11) is 0. The van der Waals surface area contributed by atoms with E-state index in [1.807, 2.05) is 12.1 Å².